The van der Waals surface area contributed by atoms with Crippen LogP contribution in [0.15, 0.2) is 35.6 Å². The summed E-state index contributed by atoms with van der Waals surface area (Å²) in [6.45, 7) is 9.96. The van der Waals surface area contributed by atoms with Gasteiger partial charge in [-0.2, -0.15) is 0 Å². The fraction of sp³-hybridized carbons (Fsp3) is 0.455. The van der Waals surface area contributed by atoms with Gasteiger partial charge in [-0.1, -0.05) is 31.6 Å². The molecule has 0 aromatic rings. The Bertz CT molecular complexity index is 205. The minimum Gasteiger partial charge on any atom is -0.399 e. The third-order valence-electron chi connectivity index (χ3n) is 1.57. The van der Waals surface area contributed by atoms with Crippen LogP contribution < -0.4 is 5.73 Å². The minimum absolute atomic E-state index is 0.804. The van der Waals surface area contributed by atoms with Gasteiger partial charge in [-0.15, -0.1) is 0 Å². The molecule has 0 radical (unpaired) electrons. The zero-order chi connectivity index (χ0) is 9.56. The summed E-state index contributed by atoms with van der Waals surface area (Å²) < 4.78 is 0. The normalized spacial score (nSPS) is 11.9. The maximum absolute atomic E-state index is 5.77. The number of rotatable bonds is 4. The van der Waals surface area contributed by atoms with Crippen LogP contribution >= 0.6 is 0 Å². The van der Waals surface area contributed by atoms with E-state index in [2.05, 4.69) is 33.4 Å². The van der Waals surface area contributed by atoms with Gasteiger partial charge >= 0.3 is 0 Å². The van der Waals surface area contributed by atoms with Crippen LogP contribution in [-0.4, -0.2) is 0 Å². The van der Waals surface area contributed by atoms with Crippen molar-refractivity contribution >= 4 is 0 Å². The molecule has 0 aromatic heterocycles. The second-order valence-corrected chi connectivity index (χ2v) is 3.16. The van der Waals surface area contributed by atoms with Crippen molar-refractivity contribution in [1.82, 2.24) is 0 Å². The lowest BCUT2D eigenvalue weighted by molar-refractivity contribution is 0.912. The number of allylic oxidation sites excluding steroid dienone is 4. The molecule has 0 saturated carbocycles. The Hall–Kier alpha value is -0.980. The van der Waals surface area contributed by atoms with Crippen molar-refractivity contribution in [3.63, 3.8) is 0 Å². The zero-order valence-corrected chi connectivity index (χ0v) is 8.35. The Morgan fingerprint density at radius 1 is 1.42 bits per heavy atom. The smallest absolute Gasteiger partial charge is 0.0340 e. The highest BCUT2D eigenvalue weighted by atomic mass is 14.6. The molecule has 1 heteroatoms. The van der Waals surface area contributed by atoms with Crippen LogP contribution in [0.4, 0.5) is 0 Å². The summed E-state index contributed by atoms with van der Waals surface area (Å²) in [5.41, 5.74) is 9.05. The van der Waals surface area contributed by atoms with Crippen molar-refractivity contribution in [2.75, 3.05) is 0 Å². The van der Waals surface area contributed by atoms with Gasteiger partial charge in [0, 0.05) is 5.70 Å². The van der Waals surface area contributed by atoms with Gasteiger partial charge in [-0.05, 0) is 31.9 Å². The van der Waals surface area contributed by atoms with Crippen LogP contribution in [0.25, 0.3) is 0 Å². The molecule has 0 atom stereocenters. The van der Waals surface area contributed by atoms with E-state index in [0.29, 0.717) is 0 Å². The number of hydrogen-bond acceptors (Lipinski definition) is 1. The lowest BCUT2D eigenvalue weighted by Gasteiger charge is -2.03. The Kier molecular flexibility index (Phi) is 5.18. The summed E-state index contributed by atoms with van der Waals surface area (Å²) in [6, 6.07) is 0. The molecular formula is C11H19N. The van der Waals surface area contributed by atoms with Crippen LogP contribution in [0.5, 0.6) is 0 Å². The molecular weight excluding hydrogens is 146 g/mol. The van der Waals surface area contributed by atoms with Gasteiger partial charge in [0.05, 0.1) is 0 Å². The summed E-state index contributed by atoms with van der Waals surface area (Å²) in [5.74, 6) is 0. The second-order valence-electron chi connectivity index (χ2n) is 3.16. The average molecular weight is 165 g/mol. The van der Waals surface area contributed by atoms with Crippen molar-refractivity contribution < 1.29 is 0 Å². The molecule has 2 N–H and O–H groups in total. The van der Waals surface area contributed by atoms with E-state index in [1.165, 1.54) is 11.1 Å². The third-order valence-corrected chi connectivity index (χ3v) is 1.57. The summed E-state index contributed by atoms with van der Waals surface area (Å²) in [6.07, 6.45) is 5.99. The van der Waals surface area contributed by atoms with Crippen LogP contribution in [0.3, 0.4) is 0 Å². The van der Waals surface area contributed by atoms with E-state index in [1.54, 1.807) is 6.08 Å². The Morgan fingerprint density at radius 3 is 2.33 bits per heavy atom. The molecule has 0 unspecified atom stereocenters. The quantitative estimate of drug-likeness (QED) is 0.636. The highest BCUT2D eigenvalue weighted by Crippen LogP contribution is 2.12. The molecule has 68 valence electrons. The van der Waals surface area contributed by atoms with Gasteiger partial charge in [0.15, 0.2) is 0 Å². The van der Waals surface area contributed by atoms with Gasteiger partial charge in [0.2, 0.25) is 0 Å². The van der Waals surface area contributed by atoms with Gasteiger partial charge in [0.25, 0.3) is 0 Å². The zero-order valence-electron chi connectivity index (χ0n) is 8.35. The maximum atomic E-state index is 5.77. The SMILES string of the molecule is C=C/C(N)=C(\C=C(C)C)CCC. The highest BCUT2D eigenvalue weighted by molar-refractivity contribution is 5.31. The summed E-state index contributed by atoms with van der Waals surface area (Å²) in [7, 11) is 0. The van der Waals surface area contributed by atoms with Crippen LogP contribution in [0.2, 0.25) is 0 Å². The topological polar surface area (TPSA) is 26.0 Å². The third kappa shape index (κ3) is 4.02. The van der Waals surface area contributed by atoms with Gasteiger partial charge in [-0.25, -0.2) is 0 Å². The van der Waals surface area contributed by atoms with E-state index in [1.807, 2.05) is 0 Å². The Balaban J connectivity index is 4.65. The van der Waals surface area contributed by atoms with Crippen molar-refractivity contribution in [3.8, 4) is 0 Å². The minimum atomic E-state index is 0.804. The summed E-state index contributed by atoms with van der Waals surface area (Å²) in [4.78, 5) is 0. The molecule has 0 aliphatic heterocycles. The van der Waals surface area contributed by atoms with E-state index in [4.69, 9.17) is 5.73 Å². The van der Waals surface area contributed by atoms with Crippen LogP contribution in [0.1, 0.15) is 33.6 Å². The highest BCUT2D eigenvalue weighted by Gasteiger charge is 1.95. The first kappa shape index (κ1) is 11.0. The monoisotopic (exact) mass is 165 g/mol. The molecule has 0 rings (SSSR count). The molecule has 0 aliphatic carbocycles. The molecule has 12 heavy (non-hydrogen) atoms. The standard InChI is InChI=1S/C11H19N/c1-5-7-10(8-9(3)4)11(12)6-2/h6,8H,2,5,7,12H2,1,3-4H3/b11-10+. The van der Waals surface area contributed by atoms with Crippen molar-refractivity contribution in [2.45, 2.75) is 33.6 Å². The van der Waals surface area contributed by atoms with Crippen LogP contribution in [-0.2, 0) is 0 Å². The van der Waals surface area contributed by atoms with Gasteiger partial charge in [-0.3, -0.25) is 0 Å². The van der Waals surface area contributed by atoms with E-state index >= 15 is 0 Å². The molecule has 1 nitrogen and oxygen atoms in total. The predicted octanol–water partition coefficient (Wildman–Crippen LogP) is 3.15. The largest absolute Gasteiger partial charge is 0.399 e. The molecule has 0 aliphatic rings. The van der Waals surface area contributed by atoms with Crippen molar-refractivity contribution in [3.05, 3.63) is 35.6 Å². The van der Waals surface area contributed by atoms with E-state index in [-0.39, 0.29) is 0 Å². The Labute approximate surface area is 75.7 Å². The molecule has 0 aromatic carbocycles. The van der Waals surface area contributed by atoms with Gasteiger partial charge in [0.1, 0.15) is 0 Å². The predicted molar refractivity (Wildman–Crippen MR) is 55.7 cm³/mol. The first-order chi connectivity index (χ1) is 5.61. The average Bonchev–Trinajstić information content (AvgIpc) is 2.01. The molecule has 0 spiro atoms. The maximum Gasteiger partial charge on any atom is 0.0340 e. The lowest BCUT2D eigenvalue weighted by Crippen LogP contribution is -1.98. The summed E-state index contributed by atoms with van der Waals surface area (Å²) >= 11 is 0. The van der Waals surface area contributed by atoms with Crippen molar-refractivity contribution in [1.29, 1.82) is 0 Å². The fourth-order valence-corrected chi connectivity index (χ4v) is 1.05. The number of nitrogens with two attached hydrogens (primary N) is 1. The fourth-order valence-electron chi connectivity index (χ4n) is 1.05. The summed E-state index contributed by atoms with van der Waals surface area (Å²) in [5, 5.41) is 0. The van der Waals surface area contributed by atoms with Crippen molar-refractivity contribution in [2.24, 2.45) is 5.73 Å². The van der Waals surface area contributed by atoms with E-state index in [9.17, 15) is 0 Å². The number of hydrogen-bond donors (Lipinski definition) is 1. The van der Waals surface area contributed by atoms with Crippen LogP contribution in [0, 0.1) is 0 Å². The van der Waals surface area contributed by atoms with Gasteiger partial charge < -0.3 is 5.73 Å². The molecule has 0 saturated heterocycles. The molecule has 0 heterocycles. The first-order valence-corrected chi connectivity index (χ1v) is 4.37. The lowest BCUT2D eigenvalue weighted by atomic mass is 10.1. The van der Waals surface area contributed by atoms with E-state index in [0.717, 1.165) is 18.5 Å². The van der Waals surface area contributed by atoms with E-state index < -0.39 is 0 Å². The second kappa shape index (κ2) is 5.64. The Morgan fingerprint density at radius 2 is 2.00 bits per heavy atom. The first-order valence-electron chi connectivity index (χ1n) is 4.37. The molecule has 0 amide bonds. The molecule has 0 bridgehead atoms. The molecule has 0 fully saturated rings.